The molecule has 0 amide bonds. The van der Waals surface area contributed by atoms with Gasteiger partial charge in [0.15, 0.2) is 0 Å². The maximum Gasteiger partial charge on any atom is 0.449 e. The standard InChI is InChI=1S/C34H33F4NO7S2/c1-20-12-21(2)33(22(3)13-20)48(42,43)39(17-27-10-11-31(46-27)34(36,37)38)16-24-6-8-25(9-7-24)26-14-29(35)28(18-45-23(4)40)30(15-26)47-19-32(41)44-5/h6-15H,16-19H2,1-5H3. The van der Waals surface area contributed by atoms with Gasteiger partial charge < -0.3 is 13.9 Å². The van der Waals surface area contributed by atoms with Crippen LogP contribution in [0, 0.1) is 26.6 Å². The number of halogens is 4. The van der Waals surface area contributed by atoms with E-state index in [-0.39, 0.29) is 35.1 Å². The first-order chi connectivity index (χ1) is 22.5. The third kappa shape index (κ3) is 8.85. The lowest BCUT2D eigenvalue weighted by molar-refractivity contribution is -0.153. The zero-order valence-corrected chi connectivity index (χ0v) is 28.4. The molecule has 8 nitrogen and oxygen atoms in total. The van der Waals surface area contributed by atoms with Crippen LogP contribution in [-0.2, 0) is 55.0 Å². The largest absolute Gasteiger partial charge is 0.468 e. The molecule has 3 aromatic carbocycles. The van der Waals surface area contributed by atoms with Crippen LogP contribution in [-0.4, -0.2) is 37.5 Å². The Morgan fingerprint density at radius 2 is 1.56 bits per heavy atom. The summed E-state index contributed by atoms with van der Waals surface area (Å²) in [7, 11) is -3.01. The fraction of sp³-hybridized carbons (Fsp3) is 0.294. The predicted octanol–water partition coefficient (Wildman–Crippen LogP) is 7.75. The van der Waals surface area contributed by atoms with Crippen molar-refractivity contribution >= 4 is 33.7 Å². The van der Waals surface area contributed by atoms with Gasteiger partial charge in [0, 0.05) is 23.9 Å². The van der Waals surface area contributed by atoms with Crippen molar-refractivity contribution < 1.29 is 49.5 Å². The van der Waals surface area contributed by atoms with Crippen LogP contribution >= 0.6 is 11.8 Å². The monoisotopic (exact) mass is 707 g/mol. The minimum atomic E-state index is -4.74. The number of alkyl halides is 3. The van der Waals surface area contributed by atoms with Gasteiger partial charge in [0.25, 0.3) is 0 Å². The molecule has 48 heavy (non-hydrogen) atoms. The number of ether oxygens (including phenoxy) is 2. The minimum Gasteiger partial charge on any atom is -0.468 e. The summed E-state index contributed by atoms with van der Waals surface area (Å²) in [6.07, 6.45) is -4.74. The molecular formula is C34H33F4NO7S2. The summed E-state index contributed by atoms with van der Waals surface area (Å²) in [4.78, 5) is 23.6. The Labute approximate surface area is 280 Å². The summed E-state index contributed by atoms with van der Waals surface area (Å²) in [5, 5.41) is 0. The number of hydrogen-bond donors (Lipinski definition) is 0. The van der Waals surface area contributed by atoms with Crippen molar-refractivity contribution in [3.63, 3.8) is 0 Å². The summed E-state index contributed by atoms with van der Waals surface area (Å²) in [6, 6.07) is 14.7. The van der Waals surface area contributed by atoms with E-state index >= 15 is 4.39 Å². The number of thioether (sulfide) groups is 1. The third-order valence-corrected chi connectivity index (χ3v) is 10.4. The number of benzene rings is 3. The molecular weight excluding hydrogens is 674 g/mol. The lowest BCUT2D eigenvalue weighted by Crippen LogP contribution is -2.31. The summed E-state index contributed by atoms with van der Waals surface area (Å²) >= 11 is 1.02. The molecule has 0 bridgehead atoms. The van der Waals surface area contributed by atoms with Crippen LogP contribution in [0.1, 0.15) is 46.3 Å². The lowest BCUT2D eigenvalue weighted by Gasteiger charge is -2.24. The van der Waals surface area contributed by atoms with Crippen molar-refractivity contribution in [3.8, 4) is 11.1 Å². The van der Waals surface area contributed by atoms with Crippen LogP contribution in [0.25, 0.3) is 11.1 Å². The minimum absolute atomic E-state index is 0.0497. The fourth-order valence-electron chi connectivity index (χ4n) is 5.14. The zero-order chi connectivity index (χ0) is 35.4. The molecule has 0 saturated carbocycles. The van der Waals surface area contributed by atoms with Crippen molar-refractivity contribution in [2.45, 2.75) is 63.4 Å². The SMILES string of the molecule is COC(=O)CSc1cc(-c2ccc(CN(Cc3ccc(C(F)(F)F)o3)S(=O)(=O)c3c(C)cc(C)cc3C)cc2)cc(F)c1COC(C)=O. The maximum atomic E-state index is 15.3. The van der Waals surface area contributed by atoms with Crippen molar-refractivity contribution in [2.24, 2.45) is 0 Å². The number of carbonyl (C=O) groups excluding carboxylic acids is 2. The Hall–Kier alpha value is -4.14. The van der Waals surface area contributed by atoms with Gasteiger partial charge in [-0.2, -0.15) is 17.5 Å². The van der Waals surface area contributed by atoms with Gasteiger partial charge in [0.2, 0.25) is 15.8 Å². The molecule has 256 valence electrons. The number of rotatable bonds is 12. The first-order valence-electron chi connectivity index (χ1n) is 14.5. The number of sulfonamides is 1. The highest BCUT2D eigenvalue weighted by Crippen LogP contribution is 2.35. The summed E-state index contributed by atoms with van der Waals surface area (Å²) < 4.78 is 98.9. The van der Waals surface area contributed by atoms with Crippen molar-refractivity contribution in [3.05, 3.63) is 106 Å². The number of methoxy groups -OCH3 is 1. The van der Waals surface area contributed by atoms with Gasteiger partial charge in [-0.05, 0) is 72.9 Å². The van der Waals surface area contributed by atoms with E-state index in [9.17, 15) is 31.2 Å². The number of aryl methyl sites for hydroxylation is 3. The highest BCUT2D eigenvalue weighted by atomic mass is 32.2. The number of carbonyl (C=O) groups is 2. The van der Waals surface area contributed by atoms with E-state index in [0.29, 0.717) is 32.7 Å². The Morgan fingerprint density at radius 1 is 0.917 bits per heavy atom. The molecule has 0 fully saturated rings. The molecule has 0 aliphatic heterocycles. The molecule has 0 N–H and O–H groups in total. The first-order valence-corrected chi connectivity index (χ1v) is 16.9. The van der Waals surface area contributed by atoms with E-state index in [1.54, 1.807) is 56.3 Å². The van der Waals surface area contributed by atoms with Crippen LogP contribution in [0.2, 0.25) is 0 Å². The molecule has 0 spiro atoms. The second kappa shape index (κ2) is 15.0. The Kier molecular flexibility index (Phi) is 11.4. The van der Waals surface area contributed by atoms with E-state index < -0.39 is 46.3 Å². The van der Waals surface area contributed by atoms with Gasteiger partial charge in [-0.1, -0.05) is 42.0 Å². The predicted molar refractivity (Wildman–Crippen MR) is 171 cm³/mol. The van der Waals surface area contributed by atoms with E-state index in [2.05, 4.69) is 4.74 Å². The van der Waals surface area contributed by atoms with Crippen LogP contribution in [0.5, 0.6) is 0 Å². The molecule has 14 heteroatoms. The lowest BCUT2D eigenvalue weighted by atomic mass is 10.0. The Morgan fingerprint density at radius 3 is 2.12 bits per heavy atom. The van der Waals surface area contributed by atoms with E-state index in [1.807, 2.05) is 6.92 Å². The van der Waals surface area contributed by atoms with Crippen LogP contribution < -0.4 is 0 Å². The smallest absolute Gasteiger partial charge is 0.449 e. The van der Waals surface area contributed by atoms with E-state index in [1.165, 1.54) is 20.1 Å². The average molecular weight is 708 g/mol. The van der Waals surface area contributed by atoms with E-state index in [4.69, 9.17) is 9.15 Å². The van der Waals surface area contributed by atoms with Crippen LogP contribution in [0.4, 0.5) is 17.6 Å². The number of hydrogen-bond acceptors (Lipinski definition) is 8. The van der Waals surface area contributed by atoms with Gasteiger partial charge in [-0.15, -0.1) is 11.8 Å². The zero-order valence-electron chi connectivity index (χ0n) is 26.7. The van der Waals surface area contributed by atoms with Crippen LogP contribution in [0.3, 0.4) is 0 Å². The molecule has 0 unspecified atom stereocenters. The molecule has 0 aliphatic carbocycles. The summed E-state index contributed by atoms with van der Waals surface area (Å²) in [5.74, 6) is -3.34. The second-order valence-electron chi connectivity index (χ2n) is 11.0. The normalized spacial score (nSPS) is 12.0. The van der Waals surface area contributed by atoms with Crippen LogP contribution in [0.15, 0.2) is 74.9 Å². The molecule has 0 saturated heterocycles. The quantitative estimate of drug-likeness (QED) is 0.0837. The summed E-state index contributed by atoms with van der Waals surface area (Å²) in [6.45, 7) is 5.31. The van der Waals surface area contributed by atoms with E-state index in [0.717, 1.165) is 33.8 Å². The molecule has 1 aromatic heterocycles. The number of nitrogens with zero attached hydrogens (tertiary/aromatic N) is 1. The van der Waals surface area contributed by atoms with Gasteiger partial charge >= 0.3 is 18.1 Å². The average Bonchev–Trinajstić information content (AvgIpc) is 3.48. The first kappa shape index (κ1) is 36.7. The molecule has 0 radical (unpaired) electrons. The molecule has 0 aliphatic rings. The maximum absolute atomic E-state index is 15.3. The summed E-state index contributed by atoms with van der Waals surface area (Å²) in [5.41, 5.74) is 3.41. The fourth-order valence-corrected chi connectivity index (χ4v) is 7.88. The van der Waals surface area contributed by atoms with Gasteiger partial charge in [0.1, 0.15) is 18.2 Å². The molecule has 4 rings (SSSR count). The second-order valence-corrected chi connectivity index (χ2v) is 13.9. The molecule has 4 aromatic rings. The van der Waals surface area contributed by atoms with Crippen molar-refractivity contribution in [1.29, 1.82) is 0 Å². The molecule has 0 atom stereocenters. The van der Waals surface area contributed by atoms with Gasteiger partial charge in [-0.3, -0.25) is 9.59 Å². The van der Waals surface area contributed by atoms with Crippen molar-refractivity contribution in [1.82, 2.24) is 4.31 Å². The highest BCUT2D eigenvalue weighted by molar-refractivity contribution is 8.00. The third-order valence-electron chi connectivity index (χ3n) is 7.27. The Bertz CT molecular complexity index is 1900. The van der Waals surface area contributed by atoms with Gasteiger partial charge in [0.05, 0.1) is 24.3 Å². The number of esters is 2. The number of furan rings is 1. The van der Waals surface area contributed by atoms with Crippen molar-refractivity contribution in [2.75, 3.05) is 12.9 Å². The molecule has 1 heterocycles. The topological polar surface area (TPSA) is 103 Å². The van der Waals surface area contributed by atoms with Gasteiger partial charge in [-0.25, -0.2) is 12.8 Å². The highest BCUT2D eigenvalue weighted by Gasteiger charge is 2.36. The Balaban J connectivity index is 1.69.